The van der Waals surface area contributed by atoms with Crippen molar-refractivity contribution >= 4 is 33.7 Å². The first kappa shape index (κ1) is 19.3. The minimum atomic E-state index is -0.152. The Balaban J connectivity index is 1.47. The highest BCUT2D eigenvalue weighted by Gasteiger charge is 2.08. The summed E-state index contributed by atoms with van der Waals surface area (Å²) in [5.41, 5.74) is 8.71. The van der Waals surface area contributed by atoms with Gasteiger partial charge >= 0.3 is 0 Å². The van der Waals surface area contributed by atoms with Gasteiger partial charge in [-0.2, -0.15) is 0 Å². The minimum Gasteiger partial charge on any atom is -0.484 e. The molecule has 0 radical (unpaired) electrons. The molecule has 142 valence electrons. The first-order valence-corrected chi connectivity index (χ1v) is 10.2. The molecule has 3 N–H and O–H groups in total. The van der Waals surface area contributed by atoms with Crippen molar-refractivity contribution in [2.75, 3.05) is 26.4 Å². The van der Waals surface area contributed by atoms with E-state index in [0.717, 1.165) is 28.2 Å². The molecule has 0 atom stereocenters. The van der Waals surface area contributed by atoms with Crippen LogP contribution in [0.5, 0.6) is 5.75 Å². The number of thiophene rings is 1. The van der Waals surface area contributed by atoms with E-state index in [4.69, 9.17) is 10.5 Å². The van der Waals surface area contributed by atoms with Crippen LogP contribution in [0.3, 0.4) is 0 Å². The molecule has 0 saturated carbocycles. The van der Waals surface area contributed by atoms with E-state index in [1.54, 1.807) is 11.3 Å². The van der Waals surface area contributed by atoms with E-state index in [1.807, 2.05) is 55.2 Å². The number of hydrogen-bond donors (Lipinski definition) is 2. The number of hydrogen-bond acceptors (Lipinski definition) is 7. The fraction of sp³-hybridized carbons (Fsp3) is 0.263. The molecule has 0 saturated heterocycles. The van der Waals surface area contributed by atoms with E-state index < -0.39 is 0 Å². The Bertz CT molecular complexity index is 905. The Kier molecular flexibility index (Phi) is 6.44. The summed E-state index contributed by atoms with van der Waals surface area (Å²) in [4.78, 5) is 19.5. The van der Waals surface area contributed by atoms with Gasteiger partial charge in [0.05, 0.1) is 12.2 Å². The number of aromatic nitrogens is 1. The fourth-order valence-corrected chi connectivity index (χ4v) is 3.90. The molecular formula is C19H22N4O2S2. The predicted octanol–water partition coefficient (Wildman–Crippen LogP) is 3.21. The van der Waals surface area contributed by atoms with Crippen LogP contribution in [-0.2, 0) is 17.9 Å². The van der Waals surface area contributed by atoms with E-state index in [0.29, 0.717) is 17.4 Å². The maximum absolute atomic E-state index is 12.1. The largest absolute Gasteiger partial charge is 0.484 e. The van der Waals surface area contributed by atoms with Crippen LogP contribution in [0.2, 0.25) is 0 Å². The smallest absolute Gasteiger partial charge is 0.258 e. The van der Waals surface area contributed by atoms with E-state index in [9.17, 15) is 4.79 Å². The molecule has 0 aliphatic carbocycles. The number of nitrogens with two attached hydrogens (primary N) is 1. The molecule has 2 heterocycles. The third-order valence-corrected chi connectivity index (χ3v) is 5.31. The molecule has 3 aromatic rings. The molecule has 0 spiro atoms. The van der Waals surface area contributed by atoms with Crippen LogP contribution in [-0.4, -0.2) is 36.5 Å². The number of anilines is 1. The van der Waals surface area contributed by atoms with Gasteiger partial charge in [0, 0.05) is 27.7 Å². The van der Waals surface area contributed by atoms with Gasteiger partial charge < -0.3 is 20.7 Å². The number of ether oxygens (including phenoxy) is 1. The van der Waals surface area contributed by atoms with Crippen LogP contribution >= 0.6 is 22.7 Å². The summed E-state index contributed by atoms with van der Waals surface area (Å²) < 4.78 is 5.61. The van der Waals surface area contributed by atoms with Crippen molar-refractivity contribution in [1.29, 1.82) is 0 Å². The Morgan fingerprint density at radius 2 is 2.11 bits per heavy atom. The number of nitrogens with one attached hydrogen (secondary N) is 1. The highest BCUT2D eigenvalue weighted by molar-refractivity contribution is 7.14. The maximum atomic E-state index is 12.1. The molecular weight excluding hydrogens is 380 g/mol. The SMILES string of the molecule is CN(C)Cc1cccc(OCC(=O)NCc2cc(-c3csc(N)n3)cs2)c1. The van der Waals surface area contributed by atoms with Gasteiger partial charge in [0.1, 0.15) is 5.75 Å². The van der Waals surface area contributed by atoms with E-state index in [2.05, 4.69) is 15.2 Å². The van der Waals surface area contributed by atoms with Crippen molar-refractivity contribution in [2.45, 2.75) is 13.1 Å². The molecule has 0 fully saturated rings. The van der Waals surface area contributed by atoms with Crippen molar-refractivity contribution in [2.24, 2.45) is 0 Å². The minimum absolute atomic E-state index is 0.00767. The second kappa shape index (κ2) is 8.98. The molecule has 0 bridgehead atoms. The molecule has 27 heavy (non-hydrogen) atoms. The predicted molar refractivity (Wildman–Crippen MR) is 111 cm³/mol. The Morgan fingerprint density at radius 3 is 2.85 bits per heavy atom. The van der Waals surface area contributed by atoms with Crippen LogP contribution in [0.1, 0.15) is 10.4 Å². The second-order valence-electron chi connectivity index (χ2n) is 6.32. The number of amides is 1. The molecule has 0 aliphatic rings. The van der Waals surface area contributed by atoms with Gasteiger partial charge in [-0.3, -0.25) is 4.79 Å². The molecule has 2 aromatic heterocycles. The zero-order valence-corrected chi connectivity index (χ0v) is 16.9. The molecule has 1 aromatic carbocycles. The lowest BCUT2D eigenvalue weighted by Crippen LogP contribution is -2.28. The topological polar surface area (TPSA) is 80.5 Å². The average molecular weight is 403 g/mol. The van der Waals surface area contributed by atoms with Gasteiger partial charge in [-0.05, 0) is 37.9 Å². The number of carbonyl (C=O) groups is 1. The van der Waals surface area contributed by atoms with Crippen LogP contribution < -0.4 is 15.8 Å². The molecule has 0 unspecified atom stereocenters. The zero-order valence-electron chi connectivity index (χ0n) is 15.3. The lowest BCUT2D eigenvalue weighted by molar-refractivity contribution is -0.123. The van der Waals surface area contributed by atoms with Crippen LogP contribution in [0.15, 0.2) is 41.1 Å². The number of rotatable bonds is 8. The summed E-state index contributed by atoms with van der Waals surface area (Å²) in [6.07, 6.45) is 0. The van der Waals surface area contributed by atoms with Gasteiger partial charge in [0.2, 0.25) is 0 Å². The molecule has 6 nitrogen and oxygen atoms in total. The van der Waals surface area contributed by atoms with Crippen molar-refractivity contribution in [3.63, 3.8) is 0 Å². The Morgan fingerprint density at radius 1 is 1.26 bits per heavy atom. The first-order valence-electron chi connectivity index (χ1n) is 8.41. The highest BCUT2D eigenvalue weighted by Crippen LogP contribution is 2.27. The average Bonchev–Trinajstić information content (AvgIpc) is 3.27. The first-order chi connectivity index (χ1) is 13.0. The van der Waals surface area contributed by atoms with E-state index in [-0.39, 0.29) is 12.5 Å². The third-order valence-electron chi connectivity index (χ3n) is 3.70. The summed E-state index contributed by atoms with van der Waals surface area (Å²) in [6, 6.07) is 9.81. The maximum Gasteiger partial charge on any atom is 0.258 e. The van der Waals surface area contributed by atoms with Crippen molar-refractivity contribution in [3.05, 3.63) is 51.5 Å². The van der Waals surface area contributed by atoms with Crippen molar-refractivity contribution in [3.8, 4) is 17.0 Å². The number of nitrogen functional groups attached to an aromatic ring is 1. The number of benzene rings is 1. The summed E-state index contributed by atoms with van der Waals surface area (Å²) in [6.45, 7) is 1.29. The van der Waals surface area contributed by atoms with Gasteiger partial charge in [-0.15, -0.1) is 22.7 Å². The fourth-order valence-electron chi connectivity index (χ4n) is 2.51. The number of nitrogens with zero attached hydrogens (tertiary/aromatic N) is 2. The van der Waals surface area contributed by atoms with Crippen molar-refractivity contribution in [1.82, 2.24) is 15.2 Å². The van der Waals surface area contributed by atoms with Gasteiger partial charge in [-0.25, -0.2) is 4.98 Å². The monoisotopic (exact) mass is 402 g/mol. The summed E-state index contributed by atoms with van der Waals surface area (Å²) >= 11 is 3.00. The molecule has 8 heteroatoms. The quantitative estimate of drug-likeness (QED) is 0.605. The normalized spacial score (nSPS) is 10.9. The van der Waals surface area contributed by atoms with Crippen LogP contribution in [0, 0.1) is 0 Å². The van der Waals surface area contributed by atoms with Gasteiger partial charge in [0.25, 0.3) is 5.91 Å². The lowest BCUT2D eigenvalue weighted by atomic mass is 10.2. The summed E-state index contributed by atoms with van der Waals surface area (Å²) in [5, 5.41) is 7.38. The molecule has 0 aliphatic heterocycles. The molecule has 1 amide bonds. The van der Waals surface area contributed by atoms with Crippen LogP contribution in [0.4, 0.5) is 5.13 Å². The van der Waals surface area contributed by atoms with Crippen molar-refractivity contribution < 1.29 is 9.53 Å². The van der Waals surface area contributed by atoms with Crippen LogP contribution in [0.25, 0.3) is 11.3 Å². The van der Waals surface area contributed by atoms with E-state index >= 15 is 0 Å². The Hall–Kier alpha value is -2.42. The summed E-state index contributed by atoms with van der Waals surface area (Å²) in [7, 11) is 4.03. The second-order valence-corrected chi connectivity index (χ2v) is 8.21. The summed E-state index contributed by atoms with van der Waals surface area (Å²) in [5.74, 6) is 0.546. The number of thiazole rings is 1. The standard InChI is InChI=1S/C19H22N4O2S2/c1-23(2)9-13-4-3-5-15(6-13)25-10-18(24)21-8-16-7-14(11-26-16)17-12-27-19(20)22-17/h3-7,11-12H,8-10H2,1-2H3,(H2,20,22)(H,21,24). The zero-order chi connectivity index (χ0) is 19.2. The highest BCUT2D eigenvalue weighted by atomic mass is 32.1. The van der Waals surface area contributed by atoms with Gasteiger partial charge in [-0.1, -0.05) is 12.1 Å². The van der Waals surface area contributed by atoms with E-state index in [1.165, 1.54) is 11.3 Å². The third kappa shape index (κ3) is 5.78. The lowest BCUT2D eigenvalue weighted by Gasteiger charge is -2.11. The number of carbonyl (C=O) groups excluding carboxylic acids is 1. The Labute approximate surface area is 166 Å². The van der Waals surface area contributed by atoms with Gasteiger partial charge in [0.15, 0.2) is 11.7 Å². The molecule has 3 rings (SSSR count).